The van der Waals surface area contributed by atoms with Crippen molar-refractivity contribution in [2.24, 2.45) is 7.05 Å². The van der Waals surface area contributed by atoms with Crippen LogP contribution in [0.15, 0.2) is 35.2 Å². The van der Waals surface area contributed by atoms with E-state index in [0.29, 0.717) is 0 Å². The fraction of sp³-hybridized carbons (Fsp3) is 0.462. The Balaban J connectivity index is 2.12. The summed E-state index contributed by atoms with van der Waals surface area (Å²) in [6.07, 6.45) is 5.44. The normalized spacial score (nSPS) is 13.1. The largest absolute Gasteiger partial charge is 0.467 e. The summed E-state index contributed by atoms with van der Waals surface area (Å²) in [7, 11) is 6.11. The second-order valence-corrected chi connectivity index (χ2v) is 4.60. The fourth-order valence-corrected chi connectivity index (χ4v) is 1.86. The maximum Gasteiger partial charge on any atom is 0.133 e. The van der Waals surface area contributed by atoms with Gasteiger partial charge >= 0.3 is 0 Å². The Kier molecular flexibility index (Phi) is 4.17. The van der Waals surface area contributed by atoms with E-state index in [-0.39, 0.29) is 6.04 Å². The zero-order valence-electron chi connectivity index (χ0n) is 11.1. The highest BCUT2D eigenvalue weighted by Crippen LogP contribution is 2.20. The molecule has 98 valence electrons. The van der Waals surface area contributed by atoms with Crippen LogP contribution in [0, 0.1) is 0 Å². The minimum atomic E-state index is -0.0000463. The number of furan rings is 1. The Morgan fingerprint density at radius 1 is 1.50 bits per heavy atom. The van der Waals surface area contributed by atoms with Crippen LogP contribution in [0.2, 0.25) is 0 Å². The van der Waals surface area contributed by atoms with Crippen LogP contribution >= 0.6 is 0 Å². The van der Waals surface area contributed by atoms with Gasteiger partial charge in [0.2, 0.25) is 0 Å². The van der Waals surface area contributed by atoms with Gasteiger partial charge in [0.25, 0.3) is 0 Å². The van der Waals surface area contributed by atoms with Crippen molar-refractivity contribution in [3.8, 4) is 0 Å². The maximum absolute atomic E-state index is 5.50. The van der Waals surface area contributed by atoms with Crippen molar-refractivity contribution in [3.05, 3.63) is 42.4 Å². The highest BCUT2D eigenvalue weighted by molar-refractivity contribution is 5.15. The summed E-state index contributed by atoms with van der Waals surface area (Å²) in [6, 6.07) is 3.88. The molecule has 18 heavy (non-hydrogen) atoms. The lowest BCUT2D eigenvalue weighted by Crippen LogP contribution is -2.31. The lowest BCUT2D eigenvalue weighted by molar-refractivity contribution is 0.371. The summed E-state index contributed by atoms with van der Waals surface area (Å²) in [5.41, 5.74) is 0. The molecule has 2 rings (SSSR count). The van der Waals surface area contributed by atoms with Gasteiger partial charge in [-0.15, -0.1) is 0 Å². The molecule has 2 aromatic heterocycles. The van der Waals surface area contributed by atoms with Crippen LogP contribution in [0.5, 0.6) is 0 Å². The number of likely N-dealkylation sites (N-methyl/N-ethyl adjacent to an activating group) is 1. The molecule has 0 amide bonds. The van der Waals surface area contributed by atoms with Crippen LogP contribution in [0.4, 0.5) is 0 Å². The molecule has 0 radical (unpaired) electrons. The van der Waals surface area contributed by atoms with Gasteiger partial charge < -0.3 is 13.9 Å². The minimum absolute atomic E-state index is 0.0000463. The summed E-state index contributed by atoms with van der Waals surface area (Å²) >= 11 is 0. The monoisotopic (exact) mass is 248 g/mol. The first-order chi connectivity index (χ1) is 8.68. The van der Waals surface area contributed by atoms with E-state index in [2.05, 4.69) is 29.3 Å². The zero-order valence-corrected chi connectivity index (χ0v) is 11.1. The zero-order chi connectivity index (χ0) is 13.0. The molecule has 5 heteroatoms. The molecule has 2 aromatic rings. The van der Waals surface area contributed by atoms with E-state index in [1.807, 2.05) is 29.9 Å². The predicted molar refractivity (Wildman–Crippen MR) is 70.3 cm³/mol. The standard InChI is InChI=1S/C13H20N4O/c1-16(2)8-6-14-12(11-5-4-10-18-11)13-15-7-9-17(13)3/h4-5,7,9-10,12,14H,6,8H2,1-3H3. The third-order valence-electron chi connectivity index (χ3n) is 2.85. The van der Waals surface area contributed by atoms with E-state index in [1.165, 1.54) is 0 Å². The third-order valence-corrected chi connectivity index (χ3v) is 2.85. The molecule has 0 saturated heterocycles. The van der Waals surface area contributed by atoms with Crippen molar-refractivity contribution < 1.29 is 4.42 Å². The number of nitrogens with one attached hydrogen (secondary N) is 1. The molecule has 1 unspecified atom stereocenters. The lowest BCUT2D eigenvalue weighted by atomic mass is 10.2. The highest BCUT2D eigenvalue weighted by Gasteiger charge is 2.19. The van der Waals surface area contributed by atoms with Crippen molar-refractivity contribution in [2.75, 3.05) is 27.2 Å². The summed E-state index contributed by atoms with van der Waals surface area (Å²) in [5.74, 6) is 1.85. The first-order valence-electron chi connectivity index (χ1n) is 6.07. The number of imidazole rings is 1. The van der Waals surface area contributed by atoms with Crippen LogP contribution in [0.1, 0.15) is 17.6 Å². The van der Waals surface area contributed by atoms with Gasteiger partial charge in [-0.1, -0.05) is 0 Å². The smallest absolute Gasteiger partial charge is 0.133 e. The van der Waals surface area contributed by atoms with Crippen LogP contribution in [0.3, 0.4) is 0 Å². The van der Waals surface area contributed by atoms with E-state index >= 15 is 0 Å². The quantitative estimate of drug-likeness (QED) is 0.836. The van der Waals surface area contributed by atoms with Crippen molar-refractivity contribution in [3.63, 3.8) is 0 Å². The van der Waals surface area contributed by atoms with Crippen LogP contribution in [-0.4, -0.2) is 41.6 Å². The molecule has 1 N–H and O–H groups in total. The summed E-state index contributed by atoms with van der Waals surface area (Å²) in [5, 5.41) is 3.48. The first-order valence-corrected chi connectivity index (χ1v) is 6.07. The van der Waals surface area contributed by atoms with Gasteiger partial charge in [-0.2, -0.15) is 0 Å². The van der Waals surface area contributed by atoms with E-state index in [0.717, 1.165) is 24.7 Å². The summed E-state index contributed by atoms with van der Waals surface area (Å²) in [6.45, 7) is 1.85. The molecule has 0 aromatic carbocycles. The van der Waals surface area contributed by atoms with Crippen molar-refractivity contribution in [2.45, 2.75) is 6.04 Å². The van der Waals surface area contributed by atoms with Crippen LogP contribution < -0.4 is 5.32 Å². The predicted octanol–water partition coefficient (Wildman–Crippen LogP) is 1.25. The molecule has 0 aliphatic carbocycles. The Labute approximate surface area is 107 Å². The molecule has 0 saturated carbocycles. The highest BCUT2D eigenvalue weighted by atomic mass is 16.3. The molecule has 0 aliphatic rings. The number of rotatable bonds is 6. The number of hydrogen-bond acceptors (Lipinski definition) is 4. The van der Waals surface area contributed by atoms with Gasteiger partial charge in [0.15, 0.2) is 0 Å². The second-order valence-electron chi connectivity index (χ2n) is 4.60. The molecule has 2 heterocycles. The molecule has 0 spiro atoms. The summed E-state index contributed by atoms with van der Waals surface area (Å²) < 4.78 is 7.51. The van der Waals surface area contributed by atoms with E-state index in [4.69, 9.17) is 4.42 Å². The van der Waals surface area contributed by atoms with Crippen molar-refractivity contribution in [1.29, 1.82) is 0 Å². The van der Waals surface area contributed by atoms with Crippen LogP contribution in [-0.2, 0) is 7.05 Å². The van der Waals surface area contributed by atoms with E-state index in [9.17, 15) is 0 Å². The van der Waals surface area contributed by atoms with Gasteiger partial charge in [-0.05, 0) is 26.2 Å². The molecular weight excluding hydrogens is 228 g/mol. The third kappa shape index (κ3) is 3.00. The topological polar surface area (TPSA) is 46.2 Å². The molecule has 0 aliphatic heterocycles. The molecule has 5 nitrogen and oxygen atoms in total. The number of aromatic nitrogens is 2. The van der Waals surface area contributed by atoms with Crippen molar-refractivity contribution in [1.82, 2.24) is 19.8 Å². The minimum Gasteiger partial charge on any atom is -0.467 e. The molecule has 1 atom stereocenters. The van der Waals surface area contributed by atoms with Crippen molar-refractivity contribution >= 4 is 0 Å². The van der Waals surface area contributed by atoms with Gasteiger partial charge in [0, 0.05) is 32.5 Å². The average Bonchev–Trinajstić information content (AvgIpc) is 2.96. The Morgan fingerprint density at radius 3 is 2.89 bits per heavy atom. The van der Waals surface area contributed by atoms with Crippen LogP contribution in [0.25, 0.3) is 0 Å². The molecule has 0 fully saturated rings. The lowest BCUT2D eigenvalue weighted by Gasteiger charge is -2.18. The summed E-state index contributed by atoms with van der Waals surface area (Å²) in [4.78, 5) is 6.54. The Morgan fingerprint density at radius 2 is 2.33 bits per heavy atom. The molecular formula is C13H20N4O. The second kappa shape index (κ2) is 5.84. The Hall–Kier alpha value is -1.59. The fourth-order valence-electron chi connectivity index (χ4n) is 1.86. The number of aryl methyl sites for hydroxylation is 1. The Bertz CT molecular complexity index is 461. The number of nitrogens with zero attached hydrogens (tertiary/aromatic N) is 3. The van der Waals surface area contributed by atoms with E-state index in [1.54, 1.807) is 12.5 Å². The SMILES string of the molecule is CN(C)CCNC(c1ccco1)c1nccn1C. The number of hydrogen-bond donors (Lipinski definition) is 1. The average molecular weight is 248 g/mol. The molecule has 0 bridgehead atoms. The van der Waals surface area contributed by atoms with Gasteiger partial charge in [0.05, 0.1) is 6.26 Å². The maximum atomic E-state index is 5.50. The van der Waals surface area contributed by atoms with Gasteiger partial charge in [-0.3, -0.25) is 5.32 Å². The van der Waals surface area contributed by atoms with E-state index < -0.39 is 0 Å². The van der Waals surface area contributed by atoms with Gasteiger partial charge in [-0.25, -0.2) is 4.98 Å². The first kappa shape index (κ1) is 12.9. The van der Waals surface area contributed by atoms with Gasteiger partial charge in [0.1, 0.15) is 17.6 Å².